The Morgan fingerprint density at radius 2 is 1.88 bits per heavy atom. The molecule has 2 N–H and O–H groups in total. The van der Waals surface area contributed by atoms with E-state index >= 15 is 0 Å². The summed E-state index contributed by atoms with van der Waals surface area (Å²) in [4.78, 5) is 15.2. The molecule has 0 aliphatic rings. The van der Waals surface area contributed by atoms with E-state index in [0.29, 0.717) is 0 Å². The zero-order valence-corrected chi connectivity index (χ0v) is 9.36. The van der Waals surface area contributed by atoms with Crippen LogP contribution in [0.1, 0.15) is 26.7 Å². The first-order valence-corrected chi connectivity index (χ1v) is 5.09. The second-order valence-corrected chi connectivity index (χ2v) is 3.31. The topological polar surface area (TPSA) is 50.4 Å². The molecule has 4 nitrogen and oxygen atoms in total. The van der Waals surface area contributed by atoms with Gasteiger partial charge >= 0.3 is 6.18 Å². The largest absolute Gasteiger partial charge is 0.413 e. The average molecular weight is 242 g/mol. The highest BCUT2D eigenvalue weighted by Crippen LogP contribution is 2.13. The third kappa shape index (κ3) is 8.49. The van der Waals surface area contributed by atoms with Crippen molar-refractivity contribution in [1.82, 2.24) is 10.8 Å². The Bertz CT molecular complexity index is 205. The molecule has 7 heteroatoms. The van der Waals surface area contributed by atoms with Crippen LogP contribution in [0.15, 0.2) is 0 Å². The number of carbonyl (C=O) groups is 1. The van der Waals surface area contributed by atoms with E-state index < -0.39 is 12.8 Å². The number of hydroxylamine groups is 1. The van der Waals surface area contributed by atoms with Gasteiger partial charge < -0.3 is 5.32 Å². The lowest BCUT2D eigenvalue weighted by atomic mass is 10.2. The van der Waals surface area contributed by atoms with Crippen LogP contribution >= 0.6 is 0 Å². The van der Waals surface area contributed by atoms with Crippen LogP contribution in [0, 0.1) is 0 Å². The summed E-state index contributed by atoms with van der Waals surface area (Å²) in [5.41, 5.74) is 1.96. The van der Waals surface area contributed by atoms with Gasteiger partial charge in [0.25, 0.3) is 0 Å². The van der Waals surface area contributed by atoms with E-state index in [1.54, 1.807) is 0 Å². The van der Waals surface area contributed by atoms with Crippen LogP contribution in [0.3, 0.4) is 0 Å². The van der Waals surface area contributed by atoms with Crippen LogP contribution in [0.4, 0.5) is 13.2 Å². The number of nitrogens with one attached hydrogen (secondary N) is 2. The molecule has 0 heterocycles. The summed E-state index contributed by atoms with van der Waals surface area (Å²) in [6, 6.07) is 0.0527. The molecule has 0 unspecified atom stereocenters. The smallest absolute Gasteiger partial charge is 0.352 e. The second-order valence-electron chi connectivity index (χ2n) is 3.31. The molecule has 0 saturated carbocycles. The zero-order chi connectivity index (χ0) is 12.6. The molecule has 0 rings (SSSR count). The van der Waals surface area contributed by atoms with Crippen LogP contribution in [0.2, 0.25) is 0 Å². The van der Waals surface area contributed by atoms with Gasteiger partial charge in [0.05, 0.1) is 6.54 Å². The van der Waals surface area contributed by atoms with Crippen molar-refractivity contribution >= 4 is 5.91 Å². The SMILES string of the molecule is CCC(CC)NC(=O)CNOCC(F)(F)F. The number of alkyl halides is 3. The van der Waals surface area contributed by atoms with Gasteiger partial charge in [0.2, 0.25) is 5.91 Å². The average Bonchev–Trinajstić information content (AvgIpc) is 2.19. The first kappa shape index (κ1) is 15.2. The standard InChI is InChI=1S/C9H17F3N2O2/c1-3-7(4-2)14-8(15)5-13-16-6-9(10,11)12/h7,13H,3-6H2,1-2H3,(H,14,15). The summed E-state index contributed by atoms with van der Waals surface area (Å²) in [7, 11) is 0. The number of hydrogen-bond donors (Lipinski definition) is 2. The monoisotopic (exact) mass is 242 g/mol. The molecule has 0 bridgehead atoms. The maximum atomic E-state index is 11.6. The van der Waals surface area contributed by atoms with E-state index in [-0.39, 0.29) is 18.5 Å². The Morgan fingerprint density at radius 1 is 1.31 bits per heavy atom. The van der Waals surface area contributed by atoms with Gasteiger partial charge in [-0.3, -0.25) is 9.63 Å². The predicted molar refractivity (Wildman–Crippen MR) is 52.5 cm³/mol. The van der Waals surface area contributed by atoms with Crippen molar-refractivity contribution in [2.45, 2.75) is 38.9 Å². The van der Waals surface area contributed by atoms with Crippen molar-refractivity contribution < 1.29 is 22.8 Å². The third-order valence-corrected chi connectivity index (χ3v) is 1.92. The van der Waals surface area contributed by atoms with Crippen LogP contribution in [-0.2, 0) is 9.63 Å². The van der Waals surface area contributed by atoms with E-state index in [2.05, 4.69) is 10.2 Å². The fourth-order valence-corrected chi connectivity index (χ4v) is 1.02. The van der Waals surface area contributed by atoms with E-state index in [1.807, 2.05) is 19.3 Å². The van der Waals surface area contributed by atoms with Crippen molar-refractivity contribution in [3.05, 3.63) is 0 Å². The summed E-state index contributed by atoms with van der Waals surface area (Å²) in [6.07, 6.45) is -2.82. The highest BCUT2D eigenvalue weighted by atomic mass is 19.4. The summed E-state index contributed by atoms with van der Waals surface area (Å²) < 4.78 is 34.9. The first-order chi connectivity index (χ1) is 7.39. The van der Waals surface area contributed by atoms with Crippen molar-refractivity contribution in [3.63, 3.8) is 0 Å². The molecule has 0 fully saturated rings. The highest BCUT2D eigenvalue weighted by Gasteiger charge is 2.27. The normalized spacial score (nSPS) is 11.9. The summed E-state index contributed by atoms with van der Waals surface area (Å²) >= 11 is 0. The summed E-state index contributed by atoms with van der Waals surface area (Å²) in [5, 5.41) is 2.65. The van der Waals surface area contributed by atoms with Crippen LogP contribution in [0.25, 0.3) is 0 Å². The fraction of sp³-hybridized carbons (Fsp3) is 0.889. The van der Waals surface area contributed by atoms with Gasteiger partial charge in [0.15, 0.2) is 6.61 Å². The Morgan fingerprint density at radius 3 is 2.31 bits per heavy atom. The highest BCUT2D eigenvalue weighted by molar-refractivity contribution is 5.78. The van der Waals surface area contributed by atoms with Gasteiger partial charge in [-0.05, 0) is 12.8 Å². The Hall–Kier alpha value is -0.820. The van der Waals surface area contributed by atoms with Gasteiger partial charge in [-0.2, -0.15) is 18.7 Å². The molecule has 0 aromatic rings. The minimum absolute atomic E-state index is 0.0527. The number of carbonyl (C=O) groups excluding carboxylic acids is 1. The van der Waals surface area contributed by atoms with Gasteiger partial charge in [-0.25, -0.2) is 0 Å². The minimum Gasteiger partial charge on any atom is -0.352 e. The fourth-order valence-electron chi connectivity index (χ4n) is 1.02. The summed E-state index contributed by atoms with van der Waals surface area (Å²) in [5.74, 6) is -0.379. The van der Waals surface area contributed by atoms with Crippen LogP contribution in [0.5, 0.6) is 0 Å². The first-order valence-electron chi connectivity index (χ1n) is 5.09. The second kappa shape index (κ2) is 7.45. The molecule has 0 aliphatic carbocycles. The minimum atomic E-state index is -4.39. The molecule has 96 valence electrons. The number of hydrogen-bond acceptors (Lipinski definition) is 3. The van der Waals surface area contributed by atoms with E-state index in [9.17, 15) is 18.0 Å². The molecule has 0 atom stereocenters. The maximum Gasteiger partial charge on any atom is 0.413 e. The lowest BCUT2D eigenvalue weighted by Crippen LogP contribution is -2.40. The summed E-state index contributed by atoms with van der Waals surface area (Å²) in [6.45, 7) is 2.14. The lowest BCUT2D eigenvalue weighted by molar-refractivity contribution is -0.189. The third-order valence-electron chi connectivity index (χ3n) is 1.92. The quantitative estimate of drug-likeness (QED) is 0.523. The van der Waals surface area contributed by atoms with Crippen molar-refractivity contribution in [2.75, 3.05) is 13.2 Å². The molecule has 0 radical (unpaired) electrons. The maximum absolute atomic E-state index is 11.6. The van der Waals surface area contributed by atoms with E-state index in [1.165, 1.54) is 0 Å². The molecule has 1 amide bonds. The van der Waals surface area contributed by atoms with Crippen molar-refractivity contribution in [2.24, 2.45) is 0 Å². The van der Waals surface area contributed by atoms with Crippen molar-refractivity contribution in [3.8, 4) is 0 Å². The van der Waals surface area contributed by atoms with Crippen LogP contribution < -0.4 is 10.8 Å². The van der Waals surface area contributed by atoms with Gasteiger partial charge in [0, 0.05) is 6.04 Å². The zero-order valence-electron chi connectivity index (χ0n) is 9.36. The lowest BCUT2D eigenvalue weighted by Gasteiger charge is -2.15. The molecule has 0 saturated heterocycles. The molecular weight excluding hydrogens is 225 g/mol. The Kier molecular flexibility index (Phi) is 7.07. The molecule has 0 spiro atoms. The molecule has 0 aromatic heterocycles. The van der Waals surface area contributed by atoms with Gasteiger partial charge in [-0.15, -0.1) is 0 Å². The molecule has 16 heavy (non-hydrogen) atoms. The Balaban J connectivity index is 3.58. The number of amides is 1. The predicted octanol–water partition coefficient (Wildman–Crippen LogP) is 1.37. The van der Waals surface area contributed by atoms with Gasteiger partial charge in [-0.1, -0.05) is 13.8 Å². The Labute approximate surface area is 92.5 Å². The van der Waals surface area contributed by atoms with Crippen LogP contribution in [-0.4, -0.2) is 31.3 Å². The molecule has 0 aromatic carbocycles. The van der Waals surface area contributed by atoms with Gasteiger partial charge in [0.1, 0.15) is 0 Å². The van der Waals surface area contributed by atoms with Crippen molar-refractivity contribution in [1.29, 1.82) is 0 Å². The van der Waals surface area contributed by atoms with E-state index in [4.69, 9.17) is 0 Å². The molecular formula is C9H17F3N2O2. The molecule has 0 aliphatic heterocycles. The number of halogens is 3. The van der Waals surface area contributed by atoms with E-state index in [0.717, 1.165) is 12.8 Å². The number of rotatable bonds is 7.